The number of fused-ring (bicyclic) bond motifs is 2. The molecule has 1 aromatic heterocycles. The van der Waals surface area contributed by atoms with E-state index in [0.29, 0.717) is 5.92 Å². The highest BCUT2D eigenvalue weighted by molar-refractivity contribution is 7.16. The number of nitrogens with two attached hydrogens (primary N) is 1. The second kappa shape index (κ2) is 4.54. The number of rotatable bonds is 2. The summed E-state index contributed by atoms with van der Waals surface area (Å²) in [6.07, 6.45) is 5.22. The zero-order valence-corrected chi connectivity index (χ0v) is 11.7. The van der Waals surface area contributed by atoms with Crippen LogP contribution in [0.15, 0.2) is 12.1 Å². The van der Waals surface area contributed by atoms with Crippen LogP contribution in [0.2, 0.25) is 4.34 Å². The van der Waals surface area contributed by atoms with Crippen LogP contribution in [0.25, 0.3) is 0 Å². The molecule has 0 saturated carbocycles. The molecule has 0 spiro atoms. The van der Waals surface area contributed by atoms with Crippen LogP contribution < -0.4 is 5.73 Å². The minimum absolute atomic E-state index is 0.185. The Bertz CT molecular complexity index is 392. The molecule has 2 fully saturated rings. The lowest BCUT2D eigenvalue weighted by molar-refractivity contribution is 0.121. The summed E-state index contributed by atoms with van der Waals surface area (Å²) in [7, 11) is 2.27. The van der Waals surface area contributed by atoms with E-state index in [0.717, 1.165) is 16.4 Å². The highest BCUT2D eigenvalue weighted by Crippen LogP contribution is 2.43. The van der Waals surface area contributed by atoms with Crippen molar-refractivity contribution < 1.29 is 0 Å². The maximum atomic E-state index is 6.41. The van der Waals surface area contributed by atoms with Crippen LogP contribution in [0.1, 0.15) is 36.6 Å². The summed E-state index contributed by atoms with van der Waals surface area (Å²) in [5, 5.41) is 0. The number of thiophene rings is 1. The van der Waals surface area contributed by atoms with Gasteiger partial charge in [0.25, 0.3) is 0 Å². The Morgan fingerprint density at radius 2 is 2.00 bits per heavy atom. The fourth-order valence-corrected chi connectivity index (χ4v) is 4.64. The summed E-state index contributed by atoms with van der Waals surface area (Å²) in [6, 6.07) is 5.77. The molecule has 4 heteroatoms. The Kier molecular flexibility index (Phi) is 3.20. The van der Waals surface area contributed by atoms with E-state index in [9.17, 15) is 0 Å². The predicted molar refractivity (Wildman–Crippen MR) is 73.6 cm³/mol. The summed E-state index contributed by atoms with van der Waals surface area (Å²) < 4.78 is 0.853. The van der Waals surface area contributed by atoms with Gasteiger partial charge in [-0.3, -0.25) is 0 Å². The lowest BCUT2D eigenvalue weighted by Crippen LogP contribution is -2.42. The molecule has 3 rings (SSSR count). The van der Waals surface area contributed by atoms with Gasteiger partial charge in [-0.15, -0.1) is 11.3 Å². The van der Waals surface area contributed by atoms with Gasteiger partial charge in [-0.1, -0.05) is 11.6 Å². The average molecular weight is 271 g/mol. The van der Waals surface area contributed by atoms with Gasteiger partial charge < -0.3 is 10.6 Å². The van der Waals surface area contributed by atoms with E-state index >= 15 is 0 Å². The molecule has 2 saturated heterocycles. The molecule has 0 radical (unpaired) electrons. The maximum absolute atomic E-state index is 6.41. The second-order valence-electron chi connectivity index (χ2n) is 5.45. The van der Waals surface area contributed by atoms with Crippen molar-refractivity contribution in [1.82, 2.24) is 4.90 Å². The van der Waals surface area contributed by atoms with Crippen molar-refractivity contribution in [3.05, 3.63) is 21.3 Å². The Hall–Kier alpha value is -0.0900. The molecule has 2 bridgehead atoms. The molecule has 3 atom stereocenters. The van der Waals surface area contributed by atoms with E-state index < -0.39 is 0 Å². The van der Waals surface area contributed by atoms with E-state index in [1.165, 1.54) is 30.6 Å². The normalized spacial score (nSPS) is 35.1. The minimum atomic E-state index is 0.185. The van der Waals surface area contributed by atoms with Crippen LogP contribution in [0.4, 0.5) is 0 Å². The second-order valence-corrected chi connectivity index (χ2v) is 7.20. The van der Waals surface area contributed by atoms with Crippen molar-refractivity contribution in [2.24, 2.45) is 11.7 Å². The first kappa shape index (κ1) is 12.0. The quantitative estimate of drug-likeness (QED) is 0.894. The molecule has 2 aliphatic rings. The highest BCUT2D eigenvalue weighted by Gasteiger charge is 2.40. The van der Waals surface area contributed by atoms with Crippen LogP contribution in [-0.2, 0) is 0 Å². The van der Waals surface area contributed by atoms with Gasteiger partial charge in [0.05, 0.1) is 4.34 Å². The van der Waals surface area contributed by atoms with Crippen molar-refractivity contribution in [2.45, 2.75) is 43.8 Å². The third-order valence-electron chi connectivity index (χ3n) is 4.57. The maximum Gasteiger partial charge on any atom is 0.0931 e. The van der Waals surface area contributed by atoms with Crippen molar-refractivity contribution in [3.8, 4) is 0 Å². The number of halogens is 1. The van der Waals surface area contributed by atoms with E-state index in [2.05, 4.69) is 18.0 Å². The van der Waals surface area contributed by atoms with E-state index in [4.69, 9.17) is 17.3 Å². The van der Waals surface area contributed by atoms with E-state index in [1.807, 2.05) is 6.07 Å². The van der Waals surface area contributed by atoms with Crippen LogP contribution in [-0.4, -0.2) is 24.0 Å². The predicted octanol–water partition coefficient (Wildman–Crippen LogP) is 3.27. The standard InChI is InChI=1S/C13H19ClN2S/c1-16-9-2-3-10(16)7-8(6-9)13(15)11-4-5-12(14)17-11/h4-5,8-10,13H,2-3,6-7,15H2,1H3. The molecule has 2 nitrogen and oxygen atoms in total. The van der Waals surface area contributed by atoms with Crippen LogP contribution in [0.3, 0.4) is 0 Å². The molecule has 94 valence electrons. The fourth-order valence-electron chi connectivity index (χ4n) is 3.49. The van der Waals surface area contributed by atoms with Gasteiger partial charge in [-0.2, -0.15) is 0 Å². The Balaban J connectivity index is 1.74. The molecule has 3 unspecified atom stereocenters. The monoisotopic (exact) mass is 270 g/mol. The molecule has 1 aromatic rings. The number of piperidine rings is 1. The number of nitrogens with zero attached hydrogens (tertiary/aromatic N) is 1. The van der Waals surface area contributed by atoms with E-state index in [-0.39, 0.29) is 6.04 Å². The lowest BCUT2D eigenvalue weighted by atomic mass is 9.85. The van der Waals surface area contributed by atoms with Crippen molar-refractivity contribution >= 4 is 22.9 Å². The summed E-state index contributed by atoms with van der Waals surface area (Å²) in [6.45, 7) is 0. The highest BCUT2D eigenvalue weighted by atomic mass is 35.5. The molecule has 17 heavy (non-hydrogen) atoms. The van der Waals surface area contributed by atoms with Gasteiger partial charge in [0.15, 0.2) is 0 Å². The fraction of sp³-hybridized carbons (Fsp3) is 0.692. The topological polar surface area (TPSA) is 29.3 Å². The Morgan fingerprint density at radius 1 is 1.35 bits per heavy atom. The molecular formula is C13H19ClN2S. The molecular weight excluding hydrogens is 252 g/mol. The SMILES string of the molecule is CN1C2CCC1CC(C(N)c1ccc(Cl)s1)C2. The number of hydrogen-bond acceptors (Lipinski definition) is 3. The van der Waals surface area contributed by atoms with Gasteiger partial charge in [-0.25, -0.2) is 0 Å². The molecule has 0 aromatic carbocycles. The van der Waals surface area contributed by atoms with Crippen LogP contribution >= 0.6 is 22.9 Å². The van der Waals surface area contributed by atoms with Gasteiger partial charge in [-0.05, 0) is 50.8 Å². The third kappa shape index (κ3) is 2.14. The van der Waals surface area contributed by atoms with Crippen LogP contribution in [0.5, 0.6) is 0 Å². The molecule has 2 N–H and O–H groups in total. The van der Waals surface area contributed by atoms with Crippen molar-refractivity contribution in [3.63, 3.8) is 0 Å². The molecule has 0 aliphatic carbocycles. The van der Waals surface area contributed by atoms with Gasteiger partial charge in [0.2, 0.25) is 0 Å². The first-order chi connectivity index (χ1) is 8.15. The van der Waals surface area contributed by atoms with Gasteiger partial charge in [0.1, 0.15) is 0 Å². The zero-order valence-electron chi connectivity index (χ0n) is 10.1. The molecule has 0 amide bonds. The zero-order chi connectivity index (χ0) is 12.0. The van der Waals surface area contributed by atoms with Crippen molar-refractivity contribution in [1.29, 1.82) is 0 Å². The minimum Gasteiger partial charge on any atom is -0.323 e. The summed E-state index contributed by atoms with van der Waals surface area (Å²) in [4.78, 5) is 3.81. The Morgan fingerprint density at radius 3 is 2.53 bits per heavy atom. The Labute approximate surface area is 112 Å². The summed E-state index contributed by atoms with van der Waals surface area (Å²) in [5.41, 5.74) is 6.41. The summed E-state index contributed by atoms with van der Waals surface area (Å²) in [5.74, 6) is 0.637. The first-order valence-electron chi connectivity index (χ1n) is 6.38. The largest absolute Gasteiger partial charge is 0.323 e. The molecule has 3 heterocycles. The summed E-state index contributed by atoms with van der Waals surface area (Å²) >= 11 is 7.63. The lowest BCUT2D eigenvalue weighted by Gasteiger charge is -2.38. The third-order valence-corrected chi connectivity index (χ3v) is 5.90. The first-order valence-corrected chi connectivity index (χ1v) is 7.57. The average Bonchev–Trinajstić information content (AvgIpc) is 2.79. The van der Waals surface area contributed by atoms with Gasteiger partial charge >= 0.3 is 0 Å². The van der Waals surface area contributed by atoms with Crippen LogP contribution in [0, 0.1) is 5.92 Å². The van der Waals surface area contributed by atoms with Crippen molar-refractivity contribution in [2.75, 3.05) is 7.05 Å². The molecule has 2 aliphatic heterocycles. The number of hydrogen-bond donors (Lipinski definition) is 1. The smallest absolute Gasteiger partial charge is 0.0931 e. The van der Waals surface area contributed by atoms with E-state index in [1.54, 1.807) is 11.3 Å². The van der Waals surface area contributed by atoms with Gasteiger partial charge in [0, 0.05) is 23.0 Å².